The van der Waals surface area contributed by atoms with Crippen LogP contribution in [0.15, 0.2) is 12.1 Å². The molecular weight excluding hydrogens is 254 g/mol. The number of aliphatic hydroxyl groups is 1. The Hall–Kier alpha value is -1.39. The molecule has 4 heteroatoms. The van der Waals surface area contributed by atoms with Crippen molar-refractivity contribution in [2.24, 2.45) is 0 Å². The highest BCUT2D eigenvalue weighted by atomic mass is 16.5. The van der Waals surface area contributed by atoms with Gasteiger partial charge >= 0.3 is 0 Å². The van der Waals surface area contributed by atoms with Crippen molar-refractivity contribution in [2.45, 2.75) is 51.2 Å². The lowest BCUT2D eigenvalue weighted by atomic mass is 9.83. The van der Waals surface area contributed by atoms with Gasteiger partial charge in [0.1, 0.15) is 6.10 Å². The van der Waals surface area contributed by atoms with Crippen molar-refractivity contribution in [3.63, 3.8) is 0 Å². The van der Waals surface area contributed by atoms with Crippen LogP contribution in [0.1, 0.15) is 49.5 Å². The smallest absolute Gasteiger partial charge is 0.234 e. The maximum Gasteiger partial charge on any atom is 0.234 e. The van der Waals surface area contributed by atoms with Gasteiger partial charge in [-0.15, -0.1) is 0 Å². The zero-order valence-corrected chi connectivity index (χ0v) is 12.2. The standard InChI is InChI=1S/C16H21NO3/c1-9-7-10(14(18)12-5-4-6-20-12)8-11-13(9)17-15(19)16(11,2)3/h7-8,12,14,18H,4-6H2,1-3H3,(H,17,19). The van der Waals surface area contributed by atoms with E-state index in [1.165, 1.54) is 0 Å². The molecular formula is C16H21NO3. The average Bonchev–Trinajstić information content (AvgIpc) is 2.99. The Morgan fingerprint density at radius 3 is 2.85 bits per heavy atom. The third-order valence-electron chi connectivity index (χ3n) is 4.50. The van der Waals surface area contributed by atoms with E-state index < -0.39 is 11.5 Å². The molecule has 0 bridgehead atoms. The van der Waals surface area contributed by atoms with E-state index in [4.69, 9.17) is 4.74 Å². The Kier molecular flexibility index (Phi) is 3.10. The predicted molar refractivity (Wildman–Crippen MR) is 76.8 cm³/mol. The predicted octanol–water partition coefficient (Wildman–Crippen LogP) is 2.44. The molecule has 2 unspecified atom stereocenters. The van der Waals surface area contributed by atoms with Gasteiger partial charge < -0.3 is 15.2 Å². The number of hydrogen-bond donors (Lipinski definition) is 2. The Morgan fingerprint density at radius 1 is 1.45 bits per heavy atom. The van der Waals surface area contributed by atoms with Crippen molar-refractivity contribution in [2.75, 3.05) is 11.9 Å². The number of aryl methyl sites for hydroxylation is 1. The van der Waals surface area contributed by atoms with Gasteiger partial charge in [0.15, 0.2) is 0 Å². The van der Waals surface area contributed by atoms with Crippen LogP contribution in [0.25, 0.3) is 0 Å². The van der Waals surface area contributed by atoms with Crippen LogP contribution in [0.3, 0.4) is 0 Å². The first kappa shape index (κ1) is 13.6. The molecule has 1 aromatic rings. The molecule has 1 aromatic carbocycles. The SMILES string of the molecule is Cc1cc(C(O)C2CCCO2)cc2c1NC(=O)C2(C)C. The van der Waals surface area contributed by atoms with Crippen molar-refractivity contribution >= 4 is 11.6 Å². The van der Waals surface area contributed by atoms with E-state index in [1.54, 1.807) is 0 Å². The summed E-state index contributed by atoms with van der Waals surface area (Å²) in [5.74, 6) is 0.0133. The number of amides is 1. The lowest BCUT2D eigenvalue weighted by Gasteiger charge is -2.21. The van der Waals surface area contributed by atoms with Gasteiger partial charge in [0.25, 0.3) is 0 Å². The van der Waals surface area contributed by atoms with E-state index in [0.29, 0.717) is 0 Å². The Balaban J connectivity index is 2.01. The highest BCUT2D eigenvalue weighted by Gasteiger charge is 2.40. The van der Waals surface area contributed by atoms with Crippen LogP contribution in [0, 0.1) is 6.92 Å². The summed E-state index contributed by atoms with van der Waals surface area (Å²) >= 11 is 0. The lowest BCUT2D eigenvalue weighted by Crippen LogP contribution is -2.27. The fourth-order valence-corrected chi connectivity index (χ4v) is 3.10. The molecule has 20 heavy (non-hydrogen) atoms. The minimum absolute atomic E-state index is 0.0133. The third kappa shape index (κ3) is 1.95. The molecule has 0 aromatic heterocycles. The van der Waals surface area contributed by atoms with Crippen LogP contribution < -0.4 is 5.32 Å². The quantitative estimate of drug-likeness (QED) is 0.871. The molecule has 2 aliphatic heterocycles. The number of carbonyl (C=O) groups excluding carboxylic acids is 1. The minimum atomic E-state index is -0.618. The van der Waals surface area contributed by atoms with Crippen LogP contribution in [-0.2, 0) is 14.9 Å². The Morgan fingerprint density at radius 2 is 2.20 bits per heavy atom. The number of hydrogen-bond acceptors (Lipinski definition) is 3. The summed E-state index contributed by atoms with van der Waals surface area (Å²) in [6.07, 6.45) is 1.14. The van der Waals surface area contributed by atoms with Gasteiger partial charge in [0.2, 0.25) is 5.91 Å². The molecule has 1 amide bonds. The third-order valence-corrected chi connectivity index (χ3v) is 4.50. The molecule has 1 saturated heterocycles. The second-order valence-corrected chi connectivity index (χ2v) is 6.34. The largest absolute Gasteiger partial charge is 0.386 e. The summed E-state index contributed by atoms with van der Waals surface area (Å²) in [6, 6.07) is 3.90. The molecule has 2 heterocycles. The monoisotopic (exact) mass is 275 g/mol. The van der Waals surface area contributed by atoms with Gasteiger partial charge in [-0.05, 0) is 56.4 Å². The van der Waals surface area contributed by atoms with Crippen LogP contribution in [-0.4, -0.2) is 23.7 Å². The maximum absolute atomic E-state index is 12.0. The number of nitrogens with one attached hydrogen (secondary N) is 1. The van der Waals surface area contributed by atoms with E-state index in [9.17, 15) is 9.90 Å². The first-order chi connectivity index (χ1) is 9.41. The second kappa shape index (κ2) is 4.57. The number of benzene rings is 1. The molecule has 0 spiro atoms. The van der Waals surface area contributed by atoms with E-state index in [-0.39, 0.29) is 12.0 Å². The van der Waals surface area contributed by atoms with Crippen LogP contribution in [0.5, 0.6) is 0 Å². The van der Waals surface area contributed by atoms with Gasteiger partial charge in [0.05, 0.1) is 11.5 Å². The van der Waals surface area contributed by atoms with Crippen molar-refractivity contribution in [1.29, 1.82) is 0 Å². The summed E-state index contributed by atoms with van der Waals surface area (Å²) in [5.41, 5.74) is 3.15. The fourth-order valence-electron chi connectivity index (χ4n) is 3.10. The maximum atomic E-state index is 12.0. The fraction of sp³-hybridized carbons (Fsp3) is 0.562. The normalized spacial score (nSPS) is 25.4. The summed E-state index contributed by atoms with van der Waals surface area (Å²) in [4.78, 5) is 12.0. The van der Waals surface area contributed by atoms with E-state index in [2.05, 4.69) is 5.32 Å². The number of ether oxygens (including phenoxy) is 1. The Bertz CT molecular complexity index is 559. The van der Waals surface area contributed by atoms with Crippen molar-refractivity contribution in [3.05, 3.63) is 28.8 Å². The summed E-state index contributed by atoms with van der Waals surface area (Å²) in [5, 5.41) is 13.4. The summed E-state index contributed by atoms with van der Waals surface area (Å²) in [7, 11) is 0. The summed E-state index contributed by atoms with van der Waals surface area (Å²) < 4.78 is 5.57. The van der Waals surface area contributed by atoms with Gasteiger partial charge in [-0.1, -0.05) is 6.07 Å². The number of anilines is 1. The minimum Gasteiger partial charge on any atom is -0.386 e. The number of fused-ring (bicyclic) bond motifs is 1. The molecule has 0 saturated carbocycles. The van der Waals surface area contributed by atoms with Gasteiger partial charge in [-0.3, -0.25) is 4.79 Å². The number of carbonyl (C=O) groups is 1. The molecule has 0 radical (unpaired) electrons. The highest BCUT2D eigenvalue weighted by molar-refractivity contribution is 6.06. The van der Waals surface area contributed by atoms with Crippen LogP contribution in [0.4, 0.5) is 5.69 Å². The molecule has 1 fully saturated rings. The van der Waals surface area contributed by atoms with Crippen LogP contribution in [0.2, 0.25) is 0 Å². The highest BCUT2D eigenvalue weighted by Crippen LogP contribution is 2.41. The van der Waals surface area contributed by atoms with E-state index in [0.717, 1.165) is 41.8 Å². The zero-order valence-electron chi connectivity index (χ0n) is 12.2. The van der Waals surface area contributed by atoms with Crippen molar-refractivity contribution in [1.82, 2.24) is 0 Å². The molecule has 108 valence electrons. The molecule has 0 aliphatic carbocycles. The van der Waals surface area contributed by atoms with Gasteiger partial charge in [0, 0.05) is 12.3 Å². The first-order valence-corrected chi connectivity index (χ1v) is 7.17. The van der Waals surface area contributed by atoms with Crippen molar-refractivity contribution in [3.8, 4) is 0 Å². The average molecular weight is 275 g/mol. The first-order valence-electron chi connectivity index (χ1n) is 7.17. The Labute approximate surface area is 119 Å². The van der Waals surface area contributed by atoms with Crippen molar-refractivity contribution < 1.29 is 14.6 Å². The topological polar surface area (TPSA) is 58.6 Å². The summed E-state index contributed by atoms with van der Waals surface area (Å²) in [6.45, 7) is 6.51. The molecule has 3 rings (SSSR count). The van der Waals surface area contributed by atoms with Gasteiger partial charge in [-0.2, -0.15) is 0 Å². The van der Waals surface area contributed by atoms with Crippen LogP contribution >= 0.6 is 0 Å². The molecule has 2 N–H and O–H groups in total. The van der Waals surface area contributed by atoms with E-state index in [1.807, 2.05) is 32.9 Å². The van der Waals surface area contributed by atoms with Gasteiger partial charge in [-0.25, -0.2) is 0 Å². The number of aliphatic hydroxyl groups excluding tert-OH is 1. The zero-order chi connectivity index (χ0) is 14.5. The molecule has 2 atom stereocenters. The molecule has 4 nitrogen and oxygen atoms in total. The lowest BCUT2D eigenvalue weighted by molar-refractivity contribution is -0.119. The second-order valence-electron chi connectivity index (χ2n) is 6.34. The molecule has 2 aliphatic rings. The number of rotatable bonds is 2. The van der Waals surface area contributed by atoms with E-state index >= 15 is 0 Å².